The molecule has 0 saturated heterocycles. The van der Waals surface area contributed by atoms with Crippen LogP contribution in [0.1, 0.15) is 29.8 Å². The van der Waals surface area contributed by atoms with Gasteiger partial charge in [0.15, 0.2) is 0 Å². The smallest absolute Gasteiger partial charge is 0.225 e. The largest absolute Gasteiger partial charge is 0.326 e. The van der Waals surface area contributed by atoms with Crippen molar-refractivity contribution < 1.29 is 9.59 Å². The second-order valence-electron chi connectivity index (χ2n) is 5.62. The number of benzene rings is 2. The summed E-state index contributed by atoms with van der Waals surface area (Å²) >= 11 is 0. The number of hydrogen-bond donors (Lipinski definition) is 3. The number of halogens is 1. The molecule has 1 atom stereocenters. The molecule has 0 aliphatic carbocycles. The van der Waals surface area contributed by atoms with Crippen molar-refractivity contribution in [1.29, 1.82) is 0 Å². The van der Waals surface area contributed by atoms with Gasteiger partial charge in [0, 0.05) is 12.6 Å². The van der Waals surface area contributed by atoms with Crippen molar-refractivity contribution in [3.05, 3.63) is 65.2 Å². The molecule has 0 aliphatic rings. The van der Waals surface area contributed by atoms with Crippen LogP contribution in [0, 0.1) is 0 Å². The van der Waals surface area contributed by atoms with Crippen LogP contribution in [0.5, 0.6) is 0 Å². The molecule has 134 valence electrons. The molecular formula is C18H23ClN4O2. The highest BCUT2D eigenvalue weighted by molar-refractivity contribution is 5.88. The van der Waals surface area contributed by atoms with Crippen molar-refractivity contribution in [2.75, 3.05) is 5.32 Å². The van der Waals surface area contributed by atoms with Crippen LogP contribution in [0.25, 0.3) is 0 Å². The number of nitrogens with zero attached hydrogens (tertiary/aromatic N) is 1. The molecule has 0 aliphatic heterocycles. The monoisotopic (exact) mass is 362 g/mol. The second-order valence-corrected chi connectivity index (χ2v) is 5.62. The molecule has 0 saturated carbocycles. The molecule has 0 heterocycles. The van der Waals surface area contributed by atoms with E-state index in [9.17, 15) is 9.59 Å². The number of nitrogens with one attached hydrogen (secondary N) is 1. The normalized spacial score (nSPS) is 11.2. The van der Waals surface area contributed by atoms with Gasteiger partial charge in [-0.3, -0.25) is 14.6 Å². The maximum Gasteiger partial charge on any atom is 0.225 e. The van der Waals surface area contributed by atoms with Crippen molar-refractivity contribution in [3.8, 4) is 0 Å². The molecule has 0 spiro atoms. The Morgan fingerprint density at radius 2 is 1.80 bits per heavy atom. The average Bonchev–Trinajstić information content (AvgIpc) is 2.59. The predicted molar refractivity (Wildman–Crippen MR) is 101 cm³/mol. The topological polar surface area (TPSA) is 101 Å². The Kier molecular flexibility index (Phi) is 8.07. The van der Waals surface area contributed by atoms with E-state index in [4.69, 9.17) is 11.6 Å². The molecule has 0 radical (unpaired) electrons. The molecule has 6 nitrogen and oxygen atoms in total. The summed E-state index contributed by atoms with van der Waals surface area (Å²) in [4.78, 5) is 21.7. The first-order valence-corrected chi connectivity index (χ1v) is 7.69. The fourth-order valence-corrected chi connectivity index (χ4v) is 2.42. The van der Waals surface area contributed by atoms with Gasteiger partial charge >= 0.3 is 0 Å². The number of aryl methyl sites for hydroxylation is 2. The van der Waals surface area contributed by atoms with Gasteiger partial charge in [0.2, 0.25) is 12.3 Å². The Morgan fingerprint density at radius 3 is 2.40 bits per heavy atom. The lowest BCUT2D eigenvalue weighted by Gasteiger charge is -2.19. The van der Waals surface area contributed by atoms with Crippen LogP contribution in [0.2, 0.25) is 0 Å². The zero-order valence-electron chi connectivity index (χ0n) is 14.0. The van der Waals surface area contributed by atoms with Crippen LogP contribution in [0.3, 0.4) is 0 Å². The third-order valence-electron chi connectivity index (χ3n) is 3.71. The third-order valence-corrected chi connectivity index (χ3v) is 3.71. The molecular weight excluding hydrogens is 340 g/mol. The second kappa shape index (κ2) is 9.78. The summed E-state index contributed by atoms with van der Waals surface area (Å²) in [5, 5.41) is 3.71. The fourth-order valence-electron chi connectivity index (χ4n) is 2.42. The SMILES string of the molecule is CC(=O)Nc1cccc(CCc2ccc(C(N)N(N)C=O)cc2)c1.Cl. The Bertz CT molecular complexity index is 706. The van der Waals surface area contributed by atoms with Crippen LogP contribution < -0.4 is 16.9 Å². The van der Waals surface area contributed by atoms with Crippen molar-refractivity contribution in [3.63, 3.8) is 0 Å². The molecule has 2 aromatic carbocycles. The van der Waals surface area contributed by atoms with Gasteiger partial charge in [-0.05, 0) is 41.7 Å². The summed E-state index contributed by atoms with van der Waals surface area (Å²) < 4.78 is 0. The quantitative estimate of drug-likeness (QED) is 0.231. The minimum Gasteiger partial charge on any atom is -0.326 e. The first-order chi connectivity index (χ1) is 11.5. The highest BCUT2D eigenvalue weighted by Crippen LogP contribution is 2.16. The van der Waals surface area contributed by atoms with E-state index in [1.807, 2.05) is 48.5 Å². The highest BCUT2D eigenvalue weighted by atomic mass is 35.5. The van der Waals surface area contributed by atoms with Crippen LogP contribution in [-0.4, -0.2) is 17.3 Å². The van der Waals surface area contributed by atoms with E-state index in [-0.39, 0.29) is 18.3 Å². The summed E-state index contributed by atoms with van der Waals surface area (Å²) in [6.07, 6.45) is 1.57. The molecule has 2 aromatic rings. The Labute approximate surface area is 153 Å². The van der Waals surface area contributed by atoms with Gasteiger partial charge in [-0.15, -0.1) is 12.4 Å². The van der Waals surface area contributed by atoms with Crippen LogP contribution in [0.15, 0.2) is 48.5 Å². The van der Waals surface area contributed by atoms with Crippen LogP contribution >= 0.6 is 12.4 Å². The average molecular weight is 363 g/mol. The van der Waals surface area contributed by atoms with Gasteiger partial charge in [0.1, 0.15) is 6.17 Å². The predicted octanol–water partition coefficient (Wildman–Crippen LogP) is 2.14. The van der Waals surface area contributed by atoms with Crippen LogP contribution in [0.4, 0.5) is 5.69 Å². The summed E-state index contributed by atoms with van der Waals surface area (Å²) in [5.41, 5.74) is 9.75. The first-order valence-electron chi connectivity index (χ1n) is 7.69. The highest BCUT2D eigenvalue weighted by Gasteiger charge is 2.10. The number of hydrogen-bond acceptors (Lipinski definition) is 4. The van der Waals surface area contributed by atoms with E-state index in [1.54, 1.807) is 0 Å². The standard InChI is InChI=1S/C18H22N4O2.ClH/c1-13(24)21-17-4-2-3-15(11-17)6-5-14-7-9-16(10-8-14)18(19)22(20)12-23;/h2-4,7-12,18H,5-6,19-20H2,1H3,(H,21,24);1H. The molecule has 0 fully saturated rings. The maximum absolute atomic E-state index is 11.1. The molecule has 7 heteroatoms. The lowest BCUT2D eigenvalue weighted by molar-refractivity contribution is -0.120. The number of rotatable bonds is 7. The third kappa shape index (κ3) is 6.19. The van der Waals surface area contributed by atoms with Crippen molar-refractivity contribution in [2.24, 2.45) is 11.6 Å². The van der Waals surface area contributed by atoms with Gasteiger partial charge in [-0.2, -0.15) is 0 Å². The van der Waals surface area contributed by atoms with Gasteiger partial charge < -0.3 is 11.1 Å². The number of hydrazine groups is 1. The van der Waals surface area contributed by atoms with Crippen LogP contribution in [-0.2, 0) is 22.4 Å². The maximum atomic E-state index is 11.1. The summed E-state index contributed by atoms with van der Waals surface area (Å²) in [5.74, 6) is 5.40. The van der Waals surface area contributed by atoms with Gasteiger partial charge in [-0.25, -0.2) is 5.84 Å². The lowest BCUT2D eigenvalue weighted by Crippen LogP contribution is -2.38. The van der Waals surface area contributed by atoms with Gasteiger partial charge in [0.05, 0.1) is 0 Å². The number of nitrogens with two attached hydrogens (primary N) is 2. The van der Waals surface area contributed by atoms with Crippen molar-refractivity contribution in [2.45, 2.75) is 25.9 Å². The molecule has 25 heavy (non-hydrogen) atoms. The molecule has 2 amide bonds. The number of anilines is 1. The van der Waals surface area contributed by atoms with Crippen molar-refractivity contribution >= 4 is 30.4 Å². The van der Waals surface area contributed by atoms with Gasteiger partial charge in [-0.1, -0.05) is 36.4 Å². The molecule has 0 bridgehead atoms. The lowest BCUT2D eigenvalue weighted by atomic mass is 10.0. The van der Waals surface area contributed by atoms with E-state index >= 15 is 0 Å². The van der Waals surface area contributed by atoms with Crippen molar-refractivity contribution in [1.82, 2.24) is 5.01 Å². The van der Waals surface area contributed by atoms with E-state index in [2.05, 4.69) is 5.32 Å². The fraction of sp³-hybridized carbons (Fsp3) is 0.222. The molecule has 1 unspecified atom stereocenters. The summed E-state index contributed by atoms with van der Waals surface area (Å²) in [6.45, 7) is 1.49. The van der Waals surface area contributed by atoms with E-state index in [0.29, 0.717) is 6.41 Å². The first kappa shape index (κ1) is 20.6. The number of carbonyl (C=O) groups excluding carboxylic acids is 2. The zero-order valence-corrected chi connectivity index (χ0v) is 14.8. The van der Waals surface area contributed by atoms with E-state index < -0.39 is 6.17 Å². The Hall–Kier alpha value is -2.41. The zero-order chi connectivity index (χ0) is 17.5. The minimum absolute atomic E-state index is 0. The van der Waals surface area contributed by atoms with E-state index in [1.165, 1.54) is 6.92 Å². The number of carbonyl (C=O) groups is 2. The number of amides is 2. The molecule has 5 N–H and O–H groups in total. The summed E-state index contributed by atoms with van der Waals surface area (Å²) in [6, 6.07) is 15.5. The minimum atomic E-state index is -0.647. The summed E-state index contributed by atoms with van der Waals surface area (Å²) in [7, 11) is 0. The molecule has 0 aromatic heterocycles. The van der Waals surface area contributed by atoms with Gasteiger partial charge in [0.25, 0.3) is 0 Å². The van der Waals surface area contributed by atoms with E-state index in [0.717, 1.165) is 40.2 Å². The molecule has 2 rings (SSSR count). The Balaban J connectivity index is 0.00000312. The Morgan fingerprint density at radius 1 is 1.16 bits per heavy atom.